The van der Waals surface area contributed by atoms with Crippen LogP contribution in [0.25, 0.3) is 0 Å². The predicted octanol–water partition coefficient (Wildman–Crippen LogP) is 2.42. The van der Waals surface area contributed by atoms with Gasteiger partial charge in [-0.3, -0.25) is 4.79 Å². The fraction of sp³-hybridized carbons (Fsp3) is 0.350. The Labute approximate surface area is 194 Å². The van der Waals surface area contributed by atoms with Crippen LogP contribution in [-0.4, -0.2) is 58.4 Å². The van der Waals surface area contributed by atoms with Gasteiger partial charge >= 0.3 is 11.9 Å². The monoisotopic (exact) mass is 482 g/mol. The van der Waals surface area contributed by atoms with Gasteiger partial charge in [0, 0.05) is 25.8 Å². The summed E-state index contributed by atoms with van der Waals surface area (Å²) >= 11 is 5.05. The fourth-order valence-electron chi connectivity index (χ4n) is 2.51. The largest absolute Gasteiger partial charge is 0.481 e. The van der Waals surface area contributed by atoms with E-state index in [1.807, 2.05) is 0 Å². The van der Waals surface area contributed by atoms with E-state index in [0.717, 1.165) is 12.1 Å². The van der Waals surface area contributed by atoms with Crippen LogP contribution < -0.4 is 21.3 Å². The molecule has 0 atom stereocenters. The average molecular weight is 483 g/mol. The van der Waals surface area contributed by atoms with Crippen LogP contribution in [0.5, 0.6) is 0 Å². The van der Waals surface area contributed by atoms with E-state index in [-0.39, 0.29) is 36.9 Å². The molecule has 0 saturated carbocycles. The maximum Gasteiger partial charge on any atom is 0.343 e. The number of carbonyl (C=O) groups excluding carboxylic acids is 1. The first-order valence-electron chi connectivity index (χ1n) is 10.0. The lowest BCUT2D eigenvalue weighted by molar-refractivity contribution is -0.136. The highest BCUT2D eigenvalue weighted by Crippen LogP contribution is 2.23. The Morgan fingerprint density at radius 1 is 1.15 bits per heavy atom. The zero-order valence-corrected chi connectivity index (χ0v) is 18.6. The molecule has 0 aliphatic rings. The van der Waals surface area contributed by atoms with Gasteiger partial charge in [-0.2, -0.15) is 4.98 Å². The Hall–Kier alpha value is -3.61. The lowest BCUT2D eigenvalue weighted by Gasteiger charge is -2.13. The summed E-state index contributed by atoms with van der Waals surface area (Å²) < 4.78 is 32.8. The third-order valence-electron chi connectivity index (χ3n) is 4.04. The molecular formula is C20H24F2N6O4S. The lowest BCUT2D eigenvalue weighted by Crippen LogP contribution is -2.37. The Balaban J connectivity index is 1.99. The molecule has 0 aliphatic heterocycles. The van der Waals surface area contributed by atoms with Crippen LogP contribution in [0.1, 0.15) is 30.1 Å². The molecule has 178 valence electrons. The van der Waals surface area contributed by atoms with Crippen LogP contribution in [0.2, 0.25) is 0 Å². The standard InChI is InChI=1S/C20H24F2N6O4S/c1-2-32-18(31)12-11-26-19(27-16-13(21)5-3-6-14(16)22)28-17(12)23-8-4-9-24-20(33)25-10-7-15(29)30/h3,5-6,11H,2,4,7-10H2,1H3,(H,29,30)(H2,24,25,33)(H2,23,26,27,28). The quantitative estimate of drug-likeness (QED) is 0.173. The molecule has 0 aliphatic carbocycles. The van der Waals surface area contributed by atoms with Crippen LogP contribution in [0, 0.1) is 11.6 Å². The Morgan fingerprint density at radius 2 is 1.85 bits per heavy atom. The molecule has 0 bridgehead atoms. The van der Waals surface area contributed by atoms with Crippen molar-refractivity contribution in [2.45, 2.75) is 19.8 Å². The minimum Gasteiger partial charge on any atom is -0.481 e. The van der Waals surface area contributed by atoms with E-state index in [1.165, 1.54) is 12.3 Å². The molecule has 2 aromatic rings. The van der Waals surface area contributed by atoms with Crippen molar-refractivity contribution in [3.8, 4) is 0 Å². The van der Waals surface area contributed by atoms with Crippen LogP contribution in [0.15, 0.2) is 24.4 Å². The van der Waals surface area contributed by atoms with E-state index in [9.17, 15) is 18.4 Å². The highest BCUT2D eigenvalue weighted by atomic mass is 32.1. The zero-order valence-electron chi connectivity index (χ0n) is 17.8. The number of para-hydroxylation sites is 1. The molecule has 2 rings (SSSR count). The first-order chi connectivity index (χ1) is 15.8. The first kappa shape index (κ1) is 25.6. The van der Waals surface area contributed by atoms with E-state index < -0.39 is 29.3 Å². The number of aliphatic carboxylic acids is 1. The number of carboxylic acids is 1. The Bertz CT molecular complexity index is 975. The van der Waals surface area contributed by atoms with Gasteiger partial charge in [0.25, 0.3) is 0 Å². The second kappa shape index (κ2) is 13.1. The minimum absolute atomic E-state index is 0.0547. The van der Waals surface area contributed by atoms with Crippen molar-refractivity contribution in [2.75, 3.05) is 36.9 Å². The number of nitrogens with zero attached hydrogens (tertiary/aromatic N) is 2. The van der Waals surface area contributed by atoms with Gasteiger partial charge in [0.1, 0.15) is 28.7 Å². The SMILES string of the molecule is CCOC(=O)c1cnc(Nc2c(F)cccc2F)nc1NCCCNC(=S)NCCC(=O)O. The van der Waals surface area contributed by atoms with Crippen LogP contribution >= 0.6 is 12.2 Å². The molecule has 0 unspecified atom stereocenters. The van der Waals surface area contributed by atoms with Gasteiger partial charge in [-0.1, -0.05) is 6.07 Å². The molecule has 13 heteroatoms. The maximum absolute atomic E-state index is 13.9. The van der Waals surface area contributed by atoms with Gasteiger partial charge in [-0.15, -0.1) is 0 Å². The number of hydrogen-bond acceptors (Lipinski definition) is 8. The van der Waals surface area contributed by atoms with Crippen LogP contribution in [-0.2, 0) is 9.53 Å². The number of carbonyl (C=O) groups is 2. The molecule has 0 spiro atoms. The van der Waals surface area contributed by atoms with E-state index in [0.29, 0.717) is 24.6 Å². The van der Waals surface area contributed by atoms with Crippen LogP contribution in [0.4, 0.5) is 26.2 Å². The van der Waals surface area contributed by atoms with Crippen LogP contribution in [0.3, 0.4) is 0 Å². The molecule has 33 heavy (non-hydrogen) atoms. The van der Waals surface area contributed by atoms with Crippen molar-refractivity contribution in [3.05, 3.63) is 41.6 Å². The summed E-state index contributed by atoms with van der Waals surface area (Å²) in [5, 5.41) is 20.1. The minimum atomic E-state index is -0.927. The number of rotatable bonds is 12. The number of hydrogen-bond donors (Lipinski definition) is 5. The van der Waals surface area contributed by atoms with Crippen molar-refractivity contribution < 1.29 is 28.2 Å². The normalized spacial score (nSPS) is 10.3. The lowest BCUT2D eigenvalue weighted by atomic mass is 10.3. The number of ether oxygens (including phenoxy) is 1. The van der Waals surface area contributed by atoms with Gasteiger partial charge in [0.15, 0.2) is 5.11 Å². The van der Waals surface area contributed by atoms with Crippen molar-refractivity contribution >= 4 is 46.7 Å². The van der Waals surface area contributed by atoms with Gasteiger partial charge in [0.05, 0.1) is 13.0 Å². The van der Waals surface area contributed by atoms with E-state index in [1.54, 1.807) is 6.92 Å². The fourth-order valence-corrected chi connectivity index (χ4v) is 2.71. The van der Waals surface area contributed by atoms with Crippen molar-refractivity contribution in [3.63, 3.8) is 0 Å². The number of nitrogens with one attached hydrogen (secondary N) is 4. The average Bonchev–Trinajstić information content (AvgIpc) is 2.76. The first-order valence-corrected chi connectivity index (χ1v) is 10.4. The highest BCUT2D eigenvalue weighted by molar-refractivity contribution is 7.80. The van der Waals surface area contributed by atoms with Gasteiger partial charge in [-0.05, 0) is 37.7 Å². The molecule has 1 aromatic carbocycles. The molecule has 0 amide bonds. The number of esters is 1. The number of halogens is 2. The summed E-state index contributed by atoms with van der Waals surface area (Å²) in [6.07, 6.45) is 1.70. The second-order valence-electron chi connectivity index (χ2n) is 6.50. The molecule has 1 heterocycles. The molecule has 10 nitrogen and oxygen atoms in total. The van der Waals surface area contributed by atoms with E-state index in [4.69, 9.17) is 22.1 Å². The van der Waals surface area contributed by atoms with Crippen molar-refractivity contribution in [2.24, 2.45) is 0 Å². The number of anilines is 3. The summed E-state index contributed by atoms with van der Waals surface area (Å²) in [5.41, 5.74) is -0.351. The van der Waals surface area contributed by atoms with Gasteiger partial charge in [0.2, 0.25) is 5.95 Å². The molecule has 1 aromatic heterocycles. The third kappa shape index (κ3) is 8.44. The molecule has 5 N–H and O–H groups in total. The third-order valence-corrected chi connectivity index (χ3v) is 4.33. The summed E-state index contributed by atoms with van der Waals surface area (Å²) in [6.45, 7) is 2.83. The van der Waals surface area contributed by atoms with Crippen molar-refractivity contribution in [1.82, 2.24) is 20.6 Å². The number of carboxylic acid groups (broad SMARTS) is 1. The highest BCUT2D eigenvalue weighted by Gasteiger charge is 2.17. The molecule has 0 radical (unpaired) electrons. The summed E-state index contributed by atoms with van der Waals surface area (Å²) in [5.74, 6) is -3.20. The Morgan fingerprint density at radius 3 is 2.52 bits per heavy atom. The smallest absolute Gasteiger partial charge is 0.343 e. The number of thiocarbonyl (C=S) groups is 1. The number of benzene rings is 1. The zero-order chi connectivity index (χ0) is 24.2. The van der Waals surface area contributed by atoms with Gasteiger partial charge < -0.3 is 31.1 Å². The van der Waals surface area contributed by atoms with E-state index >= 15 is 0 Å². The van der Waals surface area contributed by atoms with Crippen molar-refractivity contribution in [1.29, 1.82) is 0 Å². The van der Waals surface area contributed by atoms with E-state index in [2.05, 4.69) is 31.2 Å². The topological polar surface area (TPSA) is 138 Å². The molecule has 0 saturated heterocycles. The summed E-state index contributed by atoms with van der Waals surface area (Å²) in [7, 11) is 0. The predicted molar refractivity (Wildman–Crippen MR) is 122 cm³/mol. The molecule has 0 fully saturated rings. The number of aromatic nitrogens is 2. The maximum atomic E-state index is 13.9. The Kier molecular flexibility index (Phi) is 10.1. The summed E-state index contributed by atoms with van der Waals surface area (Å²) in [6, 6.07) is 3.41. The summed E-state index contributed by atoms with van der Waals surface area (Å²) in [4.78, 5) is 30.8. The van der Waals surface area contributed by atoms with Gasteiger partial charge in [-0.25, -0.2) is 18.6 Å². The molecular weight excluding hydrogens is 458 g/mol. The second-order valence-corrected chi connectivity index (χ2v) is 6.91.